The third-order valence-electron chi connectivity index (χ3n) is 4.71. The van der Waals surface area contributed by atoms with Crippen molar-refractivity contribution in [3.63, 3.8) is 0 Å². The fourth-order valence-corrected chi connectivity index (χ4v) is 3.05. The number of hydrogen-bond donors (Lipinski definition) is 1. The fourth-order valence-electron chi connectivity index (χ4n) is 2.91. The normalized spacial score (nSPS) is 10.2. The van der Waals surface area contributed by atoms with E-state index in [0.717, 1.165) is 0 Å². The van der Waals surface area contributed by atoms with Gasteiger partial charge in [-0.1, -0.05) is 36.5 Å². The van der Waals surface area contributed by atoms with Gasteiger partial charge in [0.25, 0.3) is 5.09 Å². The highest BCUT2D eigenvalue weighted by Gasteiger charge is 2.18. The van der Waals surface area contributed by atoms with Crippen molar-refractivity contribution in [1.29, 1.82) is 0 Å². The maximum Gasteiger partial charge on any atom is 0.347 e. The Labute approximate surface area is 215 Å². The number of carbonyl (C=O) groups is 3. The molecule has 0 aliphatic carbocycles. The Bertz CT molecular complexity index is 1310. The first kappa shape index (κ1) is 26.8. The van der Waals surface area contributed by atoms with Crippen molar-refractivity contribution < 1.29 is 38.5 Å². The molecular weight excluding hydrogens is 504 g/mol. The zero-order valence-electron chi connectivity index (χ0n) is 19.2. The lowest BCUT2D eigenvalue weighted by Crippen LogP contribution is -2.16. The Morgan fingerprint density at radius 1 is 0.811 bits per heavy atom. The van der Waals surface area contributed by atoms with Crippen LogP contribution < -0.4 is 19.9 Å². The summed E-state index contributed by atoms with van der Waals surface area (Å²) in [6.07, 6.45) is -0.593. The number of nitrogens with zero attached hydrogens (tertiary/aromatic N) is 1. The minimum Gasteiger partial charge on any atom is -0.427 e. The van der Waals surface area contributed by atoms with Crippen molar-refractivity contribution in [2.75, 3.05) is 0 Å². The van der Waals surface area contributed by atoms with Gasteiger partial charge in [-0.25, -0.2) is 4.79 Å². The summed E-state index contributed by atoms with van der Waals surface area (Å²) in [5.41, 5.74) is 6.68. The van der Waals surface area contributed by atoms with E-state index in [-0.39, 0.29) is 47.2 Å². The van der Waals surface area contributed by atoms with Crippen molar-refractivity contribution in [1.82, 2.24) is 0 Å². The van der Waals surface area contributed by atoms with Gasteiger partial charge in [0.05, 0.1) is 12.8 Å². The molecule has 37 heavy (non-hydrogen) atoms. The van der Waals surface area contributed by atoms with E-state index in [0.29, 0.717) is 11.1 Å². The molecule has 3 aromatic carbocycles. The number of hydrogen-bond acceptors (Lipinski definition) is 10. The second kappa shape index (κ2) is 12.7. The summed E-state index contributed by atoms with van der Waals surface area (Å²) in [5, 5.41) is 9.32. The molecule has 11 nitrogen and oxygen atoms in total. The summed E-state index contributed by atoms with van der Waals surface area (Å²) in [4.78, 5) is 51.7. The summed E-state index contributed by atoms with van der Waals surface area (Å²) in [5.74, 6) is -1.80. The Morgan fingerprint density at radius 2 is 1.38 bits per heavy atom. The smallest absolute Gasteiger partial charge is 0.347 e. The lowest BCUT2D eigenvalue weighted by Gasteiger charge is -2.10. The number of nitrogens with two attached hydrogens (primary N) is 1. The van der Waals surface area contributed by atoms with E-state index in [1.165, 1.54) is 48.5 Å². The topological polar surface area (TPSA) is 157 Å². The largest absolute Gasteiger partial charge is 0.427 e. The molecule has 0 aromatic heterocycles. The quantitative estimate of drug-likeness (QED) is 0.129. The average Bonchev–Trinajstić information content (AvgIpc) is 2.87. The molecule has 0 aliphatic heterocycles. The van der Waals surface area contributed by atoms with Crippen molar-refractivity contribution >= 4 is 35.1 Å². The summed E-state index contributed by atoms with van der Waals surface area (Å²) < 4.78 is 15.7. The molecule has 0 fully saturated rings. The second-order valence-corrected chi connectivity index (χ2v) is 7.80. The van der Waals surface area contributed by atoms with E-state index < -0.39 is 23.0 Å². The van der Waals surface area contributed by atoms with Crippen LogP contribution in [0, 0.1) is 10.1 Å². The molecule has 2 N–H and O–H groups in total. The molecule has 190 valence electrons. The zero-order chi connectivity index (χ0) is 26.8. The Balaban J connectivity index is 1.51. The summed E-state index contributed by atoms with van der Waals surface area (Å²) in [6, 6.07) is 18.2. The molecule has 12 heteroatoms. The van der Waals surface area contributed by atoms with Crippen LogP contribution in [-0.4, -0.2) is 28.0 Å². The van der Waals surface area contributed by atoms with E-state index in [1.54, 1.807) is 24.3 Å². The highest BCUT2D eigenvalue weighted by Crippen LogP contribution is 2.22. The van der Waals surface area contributed by atoms with Crippen molar-refractivity contribution in [2.24, 2.45) is 5.73 Å². The number of benzene rings is 3. The summed E-state index contributed by atoms with van der Waals surface area (Å²) in [7, 11) is 0. The Morgan fingerprint density at radius 3 is 2.00 bits per heavy atom. The minimum atomic E-state index is -0.911. The molecular formula is C25H20N2O9S. The Kier molecular flexibility index (Phi) is 9.22. The van der Waals surface area contributed by atoms with E-state index >= 15 is 0 Å². The van der Waals surface area contributed by atoms with Gasteiger partial charge in [-0.2, -0.15) is 0 Å². The fraction of sp³-hybridized carbons (Fsp3) is 0.120. The van der Waals surface area contributed by atoms with Crippen LogP contribution in [0.3, 0.4) is 0 Å². The number of carbonyl (C=O) groups excluding carboxylic acids is 3. The number of rotatable bonds is 11. The molecule has 0 aliphatic rings. The average molecular weight is 525 g/mol. The van der Waals surface area contributed by atoms with E-state index in [1.807, 2.05) is 0 Å². The van der Waals surface area contributed by atoms with Crippen LogP contribution in [0.25, 0.3) is 0 Å². The van der Waals surface area contributed by atoms with Gasteiger partial charge in [0.2, 0.25) is 0 Å². The van der Waals surface area contributed by atoms with Gasteiger partial charge in [-0.3, -0.25) is 9.59 Å². The summed E-state index contributed by atoms with van der Waals surface area (Å²) >= 11 is 4.89. The van der Waals surface area contributed by atoms with Gasteiger partial charge in [-0.15, -0.1) is 10.1 Å². The van der Waals surface area contributed by atoms with E-state index in [9.17, 15) is 24.5 Å². The Hall–Kier alpha value is -4.84. The predicted molar refractivity (Wildman–Crippen MR) is 132 cm³/mol. The first-order valence-electron chi connectivity index (χ1n) is 10.7. The standard InChI is InChI=1S/C25H20N2O9S/c26-24(37)17-7-11-19(12-8-17)35-25(30)20-3-1-2-4-21(20)36-23(29)14-13-22(28)34-18-9-5-16(6-10-18)15-33-27(31)32/h1-12H,13-15H2,(H2,26,37). The lowest BCUT2D eigenvalue weighted by molar-refractivity contribution is -0.763. The van der Waals surface area contributed by atoms with Crippen molar-refractivity contribution in [3.8, 4) is 17.2 Å². The minimum absolute atomic E-state index is 0.0120. The molecule has 0 spiro atoms. The van der Waals surface area contributed by atoms with Crippen LogP contribution in [0.15, 0.2) is 72.8 Å². The molecule has 0 saturated carbocycles. The molecule has 0 saturated heterocycles. The lowest BCUT2D eigenvalue weighted by atomic mass is 10.2. The number of esters is 3. The van der Waals surface area contributed by atoms with Crippen molar-refractivity contribution in [3.05, 3.63) is 99.6 Å². The molecule has 0 atom stereocenters. The van der Waals surface area contributed by atoms with Crippen LogP contribution >= 0.6 is 12.2 Å². The predicted octanol–water partition coefficient (Wildman–Crippen LogP) is 3.54. The molecule has 0 unspecified atom stereocenters. The van der Waals surface area contributed by atoms with Gasteiger partial charge in [-0.05, 0) is 54.1 Å². The van der Waals surface area contributed by atoms with Crippen LogP contribution in [-0.2, 0) is 21.0 Å². The second-order valence-electron chi connectivity index (χ2n) is 7.36. The van der Waals surface area contributed by atoms with E-state index in [4.69, 9.17) is 32.2 Å². The van der Waals surface area contributed by atoms with Gasteiger partial charge < -0.3 is 24.8 Å². The van der Waals surface area contributed by atoms with Crippen LogP contribution in [0.2, 0.25) is 0 Å². The first-order chi connectivity index (χ1) is 17.7. The van der Waals surface area contributed by atoms with Crippen LogP contribution in [0.1, 0.15) is 34.3 Å². The zero-order valence-corrected chi connectivity index (χ0v) is 20.0. The third-order valence-corrected chi connectivity index (χ3v) is 4.94. The molecule has 3 rings (SSSR count). The first-order valence-corrected chi connectivity index (χ1v) is 11.1. The van der Waals surface area contributed by atoms with Crippen molar-refractivity contribution in [2.45, 2.75) is 19.4 Å². The molecule has 0 bridgehead atoms. The number of para-hydroxylation sites is 1. The van der Waals surface area contributed by atoms with Crippen LogP contribution in [0.4, 0.5) is 0 Å². The molecule has 3 aromatic rings. The number of thiocarbonyl (C=S) groups is 1. The molecule has 0 amide bonds. The maximum absolute atomic E-state index is 12.6. The van der Waals surface area contributed by atoms with Gasteiger partial charge in [0.1, 0.15) is 34.4 Å². The SMILES string of the molecule is NC(=S)c1ccc(OC(=O)c2ccccc2OC(=O)CCC(=O)Oc2ccc(CO[N+](=O)[O-])cc2)cc1. The maximum atomic E-state index is 12.6. The van der Waals surface area contributed by atoms with Crippen LogP contribution in [0.5, 0.6) is 17.2 Å². The van der Waals surface area contributed by atoms with E-state index in [2.05, 4.69) is 4.84 Å². The highest BCUT2D eigenvalue weighted by atomic mass is 32.1. The van der Waals surface area contributed by atoms with Gasteiger partial charge in [0.15, 0.2) is 0 Å². The monoisotopic (exact) mass is 524 g/mol. The highest BCUT2D eigenvalue weighted by molar-refractivity contribution is 7.80. The van der Waals surface area contributed by atoms with Gasteiger partial charge in [0, 0.05) is 5.56 Å². The van der Waals surface area contributed by atoms with Gasteiger partial charge >= 0.3 is 17.9 Å². The molecule has 0 radical (unpaired) electrons. The number of ether oxygens (including phenoxy) is 3. The third kappa shape index (κ3) is 8.40. The molecule has 0 heterocycles. The summed E-state index contributed by atoms with van der Waals surface area (Å²) in [6.45, 7) is -0.239.